The Morgan fingerprint density at radius 3 is 2.81 bits per heavy atom. The summed E-state index contributed by atoms with van der Waals surface area (Å²) in [4.78, 5) is 20.7. The summed E-state index contributed by atoms with van der Waals surface area (Å²) in [6.45, 7) is 2.99. The van der Waals surface area contributed by atoms with Gasteiger partial charge in [0.25, 0.3) is 0 Å². The maximum Gasteiger partial charge on any atom is 0.220 e. The number of aryl methyl sites for hydroxylation is 1. The highest BCUT2D eigenvalue weighted by atomic mass is 32.1. The normalized spacial score (nSPS) is 10.5. The molecule has 1 N–H and O–H groups in total. The summed E-state index contributed by atoms with van der Waals surface area (Å²) < 4.78 is 5.63. The van der Waals surface area contributed by atoms with Gasteiger partial charge in [-0.3, -0.25) is 9.78 Å². The van der Waals surface area contributed by atoms with Crippen LogP contribution in [0.3, 0.4) is 0 Å². The van der Waals surface area contributed by atoms with Gasteiger partial charge in [0.1, 0.15) is 10.8 Å². The molecule has 0 saturated carbocycles. The van der Waals surface area contributed by atoms with Crippen molar-refractivity contribution in [2.75, 3.05) is 6.61 Å². The zero-order valence-electron chi connectivity index (χ0n) is 14.6. The lowest BCUT2D eigenvalue weighted by atomic mass is 10.2. The van der Waals surface area contributed by atoms with E-state index in [1.54, 1.807) is 6.20 Å². The van der Waals surface area contributed by atoms with Crippen LogP contribution < -0.4 is 10.1 Å². The summed E-state index contributed by atoms with van der Waals surface area (Å²) in [5.41, 5.74) is 2.90. The van der Waals surface area contributed by atoms with Crippen LogP contribution in [-0.4, -0.2) is 22.5 Å². The predicted octanol–water partition coefficient (Wildman–Crippen LogP) is 3.99. The second-order valence-corrected chi connectivity index (χ2v) is 6.76. The zero-order valence-corrected chi connectivity index (χ0v) is 15.5. The molecule has 0 spiro atoms. The molecule has 0 saturated heterocycles. The number of thiazole rings is 1. The molecule has 0 radical (unpaired) electrons. The Hall–Kier alpha value is -2.73. The number of pyridine rings is 1. The molecular formula is C20H21N3O2S. The molecule has 5 nitrogen and oxygen atoms in total. The molecule has 134 valence electrons. The lowest BCUT2D eigenvalue weighted by molar-refractivity contribution is -0.121. The Morgan fingerprint density at radius 1 is 1.19 bits per heavy atom. The number of aromatic nitrogens is 2. The molecule has 6 heteroatoms. The van der Waals surface area contributed by atoms with Crippen molar-refractivity contribution in [3.05, 3.63) is 65.3 Å². The van der Waals surface area contributed by atoms with E-state index in [0.717, 1.165) is 22.1 Å². The topological polar surface area (TPSA) is 64.1 Å². The number of benzene rings is 1. The minimum absolute atomic E-state index is 0.00453. The van der Waals surface area contributed by atoms with Crippen LogP contribution in [-0.2, 0) is 11.3 Å². The summed E-state index contributed by atoms with van der Waals surface area (Å²) in [6.07, 6.45) is 2.86. The summed E-state index contributed by atoms with van der Waals surface area (Å²) >= 11 is 1.53. The number of carbonyl (C=O) groups excluding carboxylic acids is 1. The van der Waals surface area contributed by atoms with Gasteiger partial charge in [-0.1, -0.05) is 23.8 Å². The molecule has 0 bridgehead atoms. The number of rotatable bonds is 8. The number of nitrogens with zero attached hydrogens (tertiary/aromatic N) is 2. The van der Waals surface area contributed by atoms with Gasteiger partial charge < -0.3 is 10.1 Å². The molecule has 2 aromatic heterocycles. The van der Waals surface area contributed by atoms with Crippen LogP contribution in [0.1, 0.15) is 24.1 Å². The zero-order chi connectivity index (χ0) is 18.2. The van der Waals surface area contributed by atoms with Gasteiger partial charge in [-0.15, -0.1) is 11.3 Å². The standard InChI is InChI=1S/C20H21N3O2S/c1-15-7-9-17(10-8-15)25-12-4-6-19(24)22-13-16-14-26-20(23-16)18-5-2-3-11-21-18/h2-3,5,7-11,14H,4,6,12-13H2,1H3,(H,22,24). The van der Waals surface area contributed by atoms with Crippen LogP contribution >= 0.6 is 11.3 Å². The number of amides is 1. The van der Waals surface area contributed by atoms with E-state index in [9.17, 15) is 4.79 Å². The first-order valence-corrected chi connectivity index (χ1v) is 9.40. The molecular weight excluding hydrogens is 346 g/mol. The third kappa shape index (κ3) is 5.39. The lowest BCUT2D eigenvalue weighted by Gasteiger charge is -2.06. The van der Waals surface area contributed by atoms with Crippen molar-refractivity contribution in [1.82, 2.24) is 15.3 Å². The maximum absolute atomic E-state index is 11.9. The summed E-state index contributed by atoms with van der Waals surface area (Å²) in [6, 6.07) is 13.6. The quantitative estimate of drug-likeness (QED) is 0.612. The SMILES string of the molecule is Cc1ccc(OCCCC(=O)NCc2csc(-c3ccccn3)n2)cc1. The third-order valence-corrected chi connectivity index (χ3v) is 4.65. The highest BCUT2D eigenvalue weighted by Crippen LogP contribution is 2.21. The molecule has 3 rings (SSSR count). The molecule has 26 heavy (non-hydrogen) atoms. The first kappa shape index (κ1) is 18.1. The summed E-state index contributed by atoms with van der Waals surface area (Å²) in [5.74, 6) is 0.838. The fourth-order valence-electron chi connectivity index (χ4n) is 2.33. The first-order valence-electron chi connectivity index (χ1n) is 8.53. The Morgan fingerprint density at radius 2 is 2.04 bits per heavy atom. The van der Waals surface area contributed by atoms with E-state index in [-0.39, 0.29) is 5.91 Å². The van der Waals surface area contributed by atoms with Crippen LogP contribution in [0.15, 0.2) is 54.0 Å². The van der Waals surface area contributed by atoms with Crippen molar-refractivity contribution >= 4 is 17.2 Å². The van der Waals surface area contributed by atoms with Crippen molar-refractivity contribution in [3.8, 4) is 16.5 Å². The van der Waals surface area contributed by atoms with Crippen molar-refractivity contribution in [3.63, 3.8) is 0 Å². The van der Waals surface area contributed by atoms with Gasteiger partial charge >= 0.3 is 0 Å². The molecule has 0 aliphatic rings. The van der Waals surface area contributed by atoms with Gasteiger partial charge in [0.15, 0.2) is 0 Å². The van der Waals surface area contributed by atoms with E-state index >= 15 is 0 Å². The number of hydrogen-bond acceptors (Lipinski definition) is 5. The van der Waals surface area contributed by atoms with E-state index in [1.807, 2.05) is 54.8 Å². The van der Waals surface area contributed by atoms with Crippen molar-refractivity contribution in [1.29, 1.82) is 0 Å². The van der Waals surface area contributed by atoms with Crippen LogP contribution in [0.25, 0.3) is 10.7 Å². The summed E-state index contributed by atoms with van der Waals surface area (Å²) in [7, 11) is 0. The minimum atomic E-state index is 0.00453. The largest absolute Gasteiger partial charge is 0.494 e. The Balaban J connectivity index is 1.36. The van der Waals surface area contributed by atoms with Crippen LogP contribution in [0.4, 0.5) is 0 Å². The predicted molar refractivity (Wildman–Crippen MR) is 103 cm³/mol. The van der Waals surface area contributed by atoms with Crippen molar-refractivity contribution in [2.45, 2.75) is 26.3 Å². The fourth-order valence-corrected chi connectivity index (χ4v) is 3.13. The number of ether oxygens (including phenoxy) is 1. The molecule has 1 aromatic carbocycles. The second-order valence-electron chi connectivity index (χ2n) is 5.90. The number of carbonyl (C=O) groups is 1. The van der Waals surface area contributed by atoms with Crippen molar-refractivity contribution < 1.29 is 9.53 Å². The maximum atomic E-state index is 11.9. The fraction of sp³-hybridized carbons (Fsp3) is 0.250. The van der Waals surface area contributed by atoms with Gasteiger partial charge in [0.05, 0.1) is 24.5 Å². The monoisotopic (exact) mass is 367 g/mol. The Kier molecular flexibility index (Phi) is 6.33. The van der Waals surface area contributed by atoms with Crippen LogP contribution in [0.2, 0.25) is 0 Å². The highest BCUT2D eigenvalue weighted by Gasteiger charge is 2.07. The average Bonchev–Trinajstić information content (AvgIpc) is 3.15. The average molecular weight is 367 g/mol. The molecule has 2 heterocycles. The van der Waals surface area contributed by atoms with E-state index in [1.165, 1.54) is 16.9 Å². The molecule has 0 aliphatic heterocycles. The molecule has 0 atom stereocenters. The number of hydrogen-bond donors (Lipinski definition) is 1. The molecule has 0 aliphatic carbocycles. The molecule has 1 amide bonds. The van der Waals surface area contributed by atoms with E-state index in [0.29, 0.717) is 26.0 Å². The van der Waals surface area contributed by atoms with Crippen molar-refractivity contribution in [2.24, 2.45) is 0 Å². The molecule has 0 unspecified atom stereocenters. The second kappa shape index (κ2) is 9.10. The van der Waals surface area contributed by atoms with E-state index in [4.69, 9.17) is 4.74 Å². The van der Waals surface area contributed by atoms with Crippen LogP contribution in [0, 0.1) is 6.92 Å². The van der Waals surface area contributed by atoms with Gasteiger partial charge in [-0.05, 0) is 37.6 Å². The Bertz CT molecular complexity index is 832. The Labute approximate surface area is 157 Å². The molecule has 3 aromatic rings. The highest BCUT2D eigenvalue weighted by molar-refractivity contribution is 7.13. The third-order valence-electron chi connectivity index (χ3n) is 3.74. The smallest absolute Gasteiger partial charge is 0.220 e. The van der Waals surface area contributed by atoms with Gasteiger partial charge in [0, 0.05) is 18.0 Å². The van der Waals surface area contributed by atoms with Gasteiger partial charge in [-0.25, -0.2) is 4.98 Å². The van der Waals surface area contributed by atoms with E-state index < -0.39 is 0 Å². The first-order chi connectivity index (χ1) is 12.7. The van der Waals surface area contributed by atoms with Gasteiger partial charge in [-0.2, -0.15) is 0 Å². The minimum Gasteiger partial charge on any atom is -0.494 e. The van der Waals surface area contributed by atoms with Gasteiger partial charge in [0.2, 0.25) is 5.91 Å². The number of nitrogens with one attached hydrogen (secondary N) is 1. The summed E-state index contributed by atoms with van der Waals surface area (Å²) in [5, 5.41) is 5.71. The van der Waals surface area contributed by atoms with E-state index in [2.05, 4.69) is 15.3 Å². The lowest BCUT2D eigenvalue weighted by Crippen LogP contribution is -2.23. The molecule has 0 fully saturated rings. The van der Waals surface area contributed by atoms with Crippen LogP contribution in [0.5, 0.6) is 5.75 Å².